The fourth-order valence-corrected chi connectivity index (χ4v) is 5.95. The summed E-state index contributed by atoms with van der Waals surface area (Å²) in [5.41, 5.74) is 7.31. The molecule has 4 aromatic rings. The van der Waals surface area contributed by atoms with Gasteiger partial charge in [-0.25, -0.2) is 14.8 Å². The Balaban J connectivity index is 1.09. The van der Waals surface area contributed by atoms with Crippen molar-refractivity contribution in [2.45, 2.75) is 25.8 Å². The molecule has 3 aliphatic heterocycles. The minimum absolute atomic E-state index is 0.0244. The summed E-state index contributed by atoms with van der Waals surface area (Å²) >= 11 is 0. The van der Waals surface area contributed by atoms with E-state index in [2.05, 4.69) is 9.97 Å². The molecule has 2 aromatic carbocycles. The van der Waals surface area contributed by atoms with Gasteiger partial charge in [-0.3, -0.25) is 19.6 Å². The second kappa shape index (κ2) is 11.9. The van der Waals surface area contributed by atoms with Gasteiger partial charge in [0, 0.05) is 25.9 Å². The first-order valence-electron chi connectivity index (χ1n) is 15.0. The highest BCUT2D eigenvalue weighted by molar-refractivity contribution is 6.07. The van der Waals surface area contributed by atoms with E-state index in [4.69, 9.17) is 14.7 Å². The van der Waals surface area contributed by atoms with Crippen molar-refractivity contribution in [2.75, 3.05) is 26.2 Å². The van der Waals surface area contributed by atoms with Gasteiger partial charge < -0.3 is 14.5 Å². The number of rotatable bonds is 6. The Kier molecular flexibility index (Phi) is 7.46. The summed E-state index contributed by atoms with van der Waals surface area (Å²) in [6, 6.07) is 25.3. The van der Waals surface area contributed by atoms with Crippen LogP contribution in [-0.2, 0) is 22.4 Å². The van der Waals surface area contributed by atoms with Crippen LogP contribution in [0.3, 0.4) is 0 Å². The van der Waals surface area contributed by atoms with E-state index in [1.54, 1.807) is 36.1 Å². The average molecular weight is 599 g/mol. The van der Waals surface area contributed by atoms with Crippen molar-refractivity contribution in [1.29, 1.82) is 0 Å². The van der Waals surface area contributed by atoms with Gasteiger partial charge in [-0.05, 0) is 54.4 Å². The summed E-state index contributed by atoms with van der Waals surface area (Å²) in [4.78, 5) is 62.4. The lowest BCUT2D eigenvalue weighted by atomic mass is 10.1. The Morgan fingerprint density at radius 2 is 1.27 bits per heavy atom. The van der Waals surface area contributed by atoms with Gasteiger partial charge in [0.25, 0.3) is 11.8 Å². The SMILES string of the molecule is CCOC(=O)C1CN(C(=O)c2cccc(C3=Nc4ccccc4C3)n2)CCN1C(=O)c1cccc(C2=Nc3ccccc3C2)n1. The minimum atomic E-state index is -0.995. The molecule has 0 spiro atoms. The third-order valence-corrected chi connectivity index (χ3v) is 8.22. The molecule has 10 nitrogen and oxygen atoms in total. The van der Waals surface area contributed by atoms with Crippen LogP contribution >= 0.6 is 0 Å². The number of nitrogens with zero attached hydrogens (tertiary/aromatic N) is 6. The van der Waals surface area contributed by atoms with Crippen molar-refractivity contribution in [3.8, 4) is 0 Å². The molecule has 2 aromatic heterocycles. The minimum Gasteiger partial charge on any atom is -0.464 e. The Labute approximate surface area is 260 Å². The lowest BCUT2D eigenvalue weighted by Crippen LogP contribution is -2.60. The van der Waals surface area contributed by atoms with Crippen molar-refractivity contribution < 1.29 is 19.1 Å². The zero-order valence-corrected chi connectivity index (χ0v) is 24.7. The van der Waals surface area contributed by atoms with Gasteiger partial charge in [-0.2, -0.15) is 0 Å². The molecule has 0 N–H and O–H groups in total. The highest BCUT2D eigenvalue weighted by Gasteiger charge is 2.39. The number of aromatic nitrogens is 2. The molecule has 1 fully saturated rings. The van der Waals surface area contributed by atoms with Gasteiger partial charge in [0.15, 0.2) is 0 Å². The van der Waals surface area contributed by atoms with Crippen LogP contribution in [0, 0.1) is 0 Å². The summed E-state index contributed by atoms with van der Waals surface area (Å²) in [7, 11) is 0. The second-order valence-electron chi connectivity index (χ2n) is 11.1. The van der Waals surface area contributed by atoms with Crippen LogP contribution in [0.4, 0.5) is 11.4 Å². The van der Waals surface area contributed by atoms with Crippen LogP contribution in [0.15, 0.2) is 94.9 Å². The van der Waals surface area contributed by atoms with Crippen molar-refractivity contribution in [3.05, 3.63) is 119 Å². The quantitative estimate of drug-likeness (QED) is 0.305. The number of ether oxygens (including phenoxy) is 1. The number of benzene rings is 2. The van der Waals surface area contributed by atoms with Crippen LogP contribution in [0.1, 0.15) is 50.4 Å². The first kappa shape index (κ1) is 28.3. The van der Waals surface area contributed by atoms with E-state index < -0.39 is 17.9 Å². The Hall–Kier alpha value is -5.51. The first-order valence-corrected chi connectivity index (χ1v) is 15.0. The highest BCUT2D eigenvalue weighted by atomic mass is 16.5. The number of fused-ring (bicyclic) bond motifs is 2. The molecule has 224 valence electrons. The Morgan fingerprint density at radius 3 is 1.82 bits per heavy atom. The van der Waals surface area contributed by atoms with Crippen molar-refractivity contribution >= 4 is 40.6 Å². The number of hydrogen-bond acceptors (Lipinski definition) is 8. The summed E-state index contributed by atoms with van der Waals surface area (Å²) in [5, 5.41) is 0. The number of carbonyl (C=O) groups excluding carboxylic acids is 3. The largest absolute Gasteiger partial charge is 0.464 e. The molecular weight excluding hydrogens is 568 g/mol. The topological polar surface area (TPSA) is 117 Å². The molecule has 1 atom stereocenters. The first-order chi connectivity index (χ1) is 22.0. The predicted octanol–water partition coefficient (Wildman–Crippen LogP) is 4.36. The smallest absolute Gasteiger partial charge is 0.330 e. The van der Waals surface area contributed by atoms with Crippen LogP contribution in [-0.4, -0.2) is 81.3 Å². The lowest BCUT2D eigenvalue weighted by Gasteiger charge is -2.39. The predicted molar refractivity (Wildman–Crippen MR) is 169 cm³/mol. The fourth-order valence-electron chi connectivity index (χ4n) is 5.95. The summed E-state index contributed by atoms with van der Waals surface area (Å²) < 4.78 is 5.35. The summed E-state index contributed by atoms with van der Waals surface area (Å²) in [6.07, 6.45) is 1.27. The number of esters is 1. The van der Waals surface area contributed by atoms with Crippen molar-refractivity contribution in [3.63, 3.8) is 0 Å². The molecule has 1 unspecified atom stereocenters. The van der Waals surface area contributed by atoms with E-state index in [1.807, 2.05) is 60.7 Å². The zero-order chi connectivity index (χ0) is 30.9. The number of aliphatic imine (C=N–C) groups is 2. The molecule has 0 aliphatic carbocycles. The fraction of sp³-hybridized carbons (Fsp3) is 0.229. The maximum atomic E-state index is 13.8. The van der Waals surface area contributed by atoms with Crippen LogP contribution in [0.5, 0.6) is 0 Å². The van der Waals surface area contributed by atoms with Gasteiger partial charge in [-0.15, -0.1) is 0 Å². The number of para-hydroxylation sites is 2. The van der Waals surface area contributed by atoms with Gasteiger partial charge in [-0.1, -0.05) is 48.5 Å². The number of hydrogen-bond donors (Lipinski definition) is 0. The van der Waals surface area contributed by atoms with E-state index in [9.17, 15) is 14.4 Å². The standard InChI is InChI=1S/C35H30N6O4/c1-2-45-35(44)32-21-40(33(42)28-15-7-13-26(38-28)30-19-22-9-3-5-11-24(22)36-30)17-18-41(32)34(43)29-16-8-14-27(39-29)31-20-23-10-4-6-12-25(23)37-31/h3-16,32H,2,17-21H2,1H3. The third-order valence-electron chi connectivity index (χ3n) is 8.22. The van der Waals surface area contributed by atoms with E-state index in [0.717, 1.165) is 33.9 Å². The maximum absolute atomic E-state index is 13.8. The number of pyridine rings is 2. The summed E-state index contributed by atoms with van der Waals surface area (Å²) in [5.74, 6) is -1.31. The van der Waals surface area contributed by atoms with Crippen molar-refractivity contribution in [1.82, 2.24) is 19.8 Å². The third kappa shape index (κ3) is 5.50. The molecule has 2 amide bonds. The molecule has 10 heteroatoms. The molecule has 3 aliphatic rings. The van der Waals surface area contributed by atoms with Gasteiger partial charge in [0.1, 0.15) is 17.4 Å². The highest BCUT2D eigenvalue weighted by Crippen LogP contribution is 2.29. The number of amides is 2. The van der Waals surface area contributed by atoms with E-state index in [1.165, 1.54) is 4.90 Å². The zero-order valence-electron chi connectivity index (χ0n) is 24.7. The molecule has 7 rings (SSSR count). The van der Waals surface area contributed by atoms with E-state index in [-0.39, 0.29) is 43.5 Å². The van der Waals surface area contributed by atoms with Gasteiger partial charge >= 0.3 is 5.97 Å². The molecule has 45 heavy (non-hydrogen) atoms. The van der Waals surface area contributed by atoms with E-state index in [0.29, 0.717) is 24.2 Å². The molecule has 0 saturated carbocycles. The van der Waals surface area contributed by atoms with Crippen LogP contribution < -0.4 is 0 Å². The molecule has 5 heterocycles. The van der Waals surface area contributed by atoms with Crippen molar-refractivity contribution in [2.24, 2.45) is 9.98 Å². The van der Waals surface area contributed by atoms with Crippen LogP contribution in [0.25, 0.3) is 0 Å². The Bertz CT molecular complexity index is 1900. The van der Waals surface area contributed by atoms with Gasteiger partial charge in [0.05, 0.1) is 47.3 Å². The molecular formula is C35H30N6O4. The maximum Gasteiger partial charge on any atom is 0.330 e. The second-order valence-corrected chi connectivity index (χ2v) is 11.1. The Morgan fingerprint density at radius 1 is 0.711 bits per heavy atom. The summed E-state index contributed by atoms with van der Waals surface area (Å²) in [6.45, 7) is 2.19. The normalized spacial score (nSPS) is 16.9. The van der Waals surface area contributed by atoms with Crippen LogP contribution in [0.2, 0.25) is 0 Å². The monoisotopic (exact) mass is 598 g/mol. The molecule has 0 bridgehead atoms. The number of piperazine rings is 1. The lowest BCUT2D eigenvalue weighted by molar-refractivity contribution is -0.150. The average Bonchev–Trinajstić information content (AvgIpc) is 3.73. The molecule has 1 saturated heterocycles. The number of carbonyl (C=O) groups is 3. The molecule has 0 radical (unpaired) electrons. The van der Waals surface area contributed by atoms with E-state index >= 15 is 0 Å². The van der Waals surface area contributed by atoms with Gasteiger partial charge in [0.2, 0.25) is 0 Å².